The van der Waals surface area contributed by atoms with E-state index in [1.807, 2.05) is 0 Å². The maximum atomic E-state index is 12.1. The number of oxime groups is 1. The molecule has 0 aliphatic carbocycles. The average molecular weight is 251 g/mol. The van der Waals surface area contributed by atoms with Crippen molar-refractivity contribution in [3.05, 3.63) is 29.3 Å². The Morgan fingerprint density at radius 3 is 2.72 bits per heavy atom. The van der Waals surface area contributed by atoms with Crippen molar-refractivity contribution in [3.8, 4) is 5.75 Å². The van der Waals surface area contributed by atoms with Crippen LogP contribution in [0.15, 0.2) is 23.4 Å². The van der Waals surface area contributed by atoms with Crippen LogP contribution in [-0.2, 0) is 0 Å². The number of amidine groups is 1. The summed E-state index contributed by atoms with van der Waals surface area (Å²) in [5.41, 5.74) is 6.57. The summed E-state index contributed by atoms with van der Waals surface area (Å²) in [6.07, 6.45) is 0.301. The molecule has 1 rings (SSSR count). The Labute approximate surface area is 105 Å². The molecule has 0 saturated carbocycles. The van der Waals surface area contributed by atoms with E-state index in [2.05, 4.69) is 5.16 Å². The number of hydrogen-bond donors (Lipinski definition) is 3. The predicted molar refractivity (Wildman–Crippen MR) is 67.8 cm³/mol. The first-order valence-corrected chi connectivity index (χ1v) is 5.47. The lowest BCUT2D eigenvalue weighted by molar-refractivity contribution is 0.0797. The van der Waals surface area contributed by atoms with Crippen LogP contribution >= 0.6 is 0 Å². The molecule has 0 unspecified atom stereocenters. The van der Waals surface area contributed by atoms with Crippen LogP contribution in [-0.4, -0.2) is 40.5 Å². The molecule has 4 N–H and O–H groups in total. The second kappa shape index (κ2) is 5.90. The number of aromatic hydroxyl groups is 1. The molecule has 1 aromatic rings. The SMILES string of the molecule is Cc1cc(O)ccc1C(=O)N(C)CC/C(N)=N/O. The fraction of sp³-hybridized carbons (Fsp3) is 0.333. The monoisotopic (exact) mass is 251 g/mol. The third-order valence-electron chi connectivity index (χ3n) is 2.62. The molecular formula is C12H17N3O3. The first-order valence-electron chi connectivity index (χ1n) is 5.47. The minimum absolute atomic E-state index is 0.0806. The molecule has 0 aromatic heterocycles. The molecule has 0 fully saturated rings. The van der Waals surface area contributed by atoms with E-state index >= 15 is 0 Å². The van der Waals surface area contributed by atoms with Crippen LogP contribution in [0.25, 0.3) is 0 Å². The van der Waals surface area contributed by atoms with E-state index in [0.717, 1.165) is 0 Å². The van der Waals surface area contributed by atoms with Gasteiger partial charge in [0.2, 0.25) is 0 Å². The Morgan fingerprint density at radius 2 is 2.17 bits per heavy atom. The Morgan fingerprint density at radius 1 is 1.50 bits per heavy atom. The molecule has 1 amide bonds. The zero-order valence-electron chi connectivity index (χ0n) is 10.4. The van der Waals surface area contributed by atoms with Gasteiger partial charge in [0.15, 0.2) is 0 Å². The van der Waals surface area contributed by atoms with Crippen LogP contribution in [0.5, 0.6) is 5.75 Å². The molecule has 0 bridgehead atoms. The average Bonchev–Trinajstić information content (AvgIpc) is 2.34. The third kappa shape index (κ3) is 3.38. The minimum Gasteiger partial charge on any atom is -0.508 e. The second-order valence-corrected chi connectivity index (χ2v) is 4.07. The van der Waals surface area contributed by atoms with E-state index in [1.165, 1.54) is 17.0 Å². The summed E-state index contributed by atoms with van der Waals surface area (Å²) in [5, 5.41) is 20.5. The van der Waals surface area contributed by atoms with Crippen molar-refractivity contribution in [2.45, 2.75) is 13.3 Å². The maximum Gasteiger partial charge on any atom is 0.253 e. The number of phenolic OH excluding ortho intramolecular Hbond substituents is 1. The van der Waals surface area contributed by atoms with Crippen LogP contribution in [0, 0.1) is 6.92 Å². The number of nitrogens with zero attached hydrogens (tertiary/aromatic N) is 2. The van der Waals surface area contributed by atoms with Crippen LogP contribution < -0.4 is 5.73 Å². The minimum atomic E-state index is -0.168. The van der Waals surface area contributed by atoms with E-state index in [9.17, 15) is 9.90 Å². The van der Waals surface area contributed by atoms with Gasteiger partial charge in [-0.15, -0.1) is 0 Å². The first kappa shape index (κ1) is 13.8. The number of amides is 1. The van der Waals surface area contributed by atoms with Crippen molar-refractivity contribution >= 4 is 11.7 Å². The lowest BCUT2D eigenvalue weighted by Crippen LogP contribution is -2.31. The highest BCUT2D eigenvalue weighted by atomic mass is 16.4. The van der Waals surface area contributed by atoms with Crippen molar-refractivity contribution in [3.63, 3.8) is 0 Å². The summed E-state index contributed by atoms with van der Waals surface area (Å²) in [7, 11) is 1.64. The molecule has 0 aliphatic heterocycles. The smallest absolute Gasteiger partial charge is 0.253 e. The molecule has 6 nitrogen and oxygen atoms in total. The normalized spacial score (nSPS) is 11.3. The van der Waals surface area contributed by atoms with Crippen LogP contribution in [0.2, 0.25) is 0 Å². The molecule has 0 saturated heterocycles. The summed E-state index contributed by atoms with van der Waals surface area (Å²) in [6, 6.07) is 4.58. The van der Waals surface area contributed by atoms with Crippen LogP contribution in [0.4, 0.5) is 0 Å². The lowest BCUT2D eigenvalue weighted by Gasteiger charge is -2.18. The maximum absolute atomic E-state index is 12.1. The fourth-order valence-corrected chi connectivity index (χ4v) is 1.53. The van der Waals surface area contributed by atoms with Crippen molar-refractivity contribution in [1.82, 2.24) is 4.90 Å². The fourth-order valence-electron chi connectivity index (χ4n) is 1.53. The van der Waals surface area contributed by atoms with Gasteiger partial charge < -0.3 is 20.9 Å². The van der Waals surface area contributed by atoms with Gasteiger partial charge in [0.1, 0.15) is 11.6 Å². The predicted octanol–water partition coefficient (Wildman–Crippen LogP) is 0.909. The van der Waals surface area contributed by atoms with Crippen LogP contribution in [0.3, 0.4) is 0 Å². The van der Waals surface area contributed by atoms with E-state index in [-0.39, 0.29) is 17.5 Å². The molecule has 0 heterocycles. The zero-order chi connectivity index (χ0) is 13.7. The molecule has 0 atom stereocenters. The van der Waals surface area contributed by atoms with Crippen molar-refractivity contribution in [2.24, 2.45) is 10.9 Å². The molecule has 6 heteroatoms. The summed E-state index contributed by atoms with van der Waals surface area (Å²) < 4.78 is 0. The lowest BCUT2D eigenvalue weighted by atomic mass is 10.1. The number of carbonyl (C=O) groups is 1. The van der Waals surface area contributed by atoms with Crippen LogP contribution in [0.1, 0.15) is 22.3 Å². The number of benzene rings is 1. The molecule has 18 heavy (non-hydrogen) atoms. The zero-order valence-corrected chi connectivity index (χ0v) is 10.4. The van der Waals surface area contributed by atoms with Gasteiger partial charge >= 0.3 is 0 Å². The number of rotatable bonds is 4. The van der Waals surface area contributed by atoms with Crippen molar-refractivity contribution < 1.29 is 15.1 Å². The second-order valence-electron chi connectivity index (χ2n) is 4.07. The van der Waals surface area contributed by atoms with Gasteiger partial charge in [-0.25, -0.2) is 0 Å². The topological polar surface area (TPSA) is 99.2 Å². The third-order valence-corrected chi connectivity index (χ3v) is 2.62. The van der Waals surface area contributed by atoms with E-state index in [0.29, 0.717) is 24.1 Å². The van der Waals surface area contributed by atoms with Crippen molar-refractivity contribution in [2.75, 3.05) is 13.6 Å². The van der Waals surface area contributed by atoms with Gasteiger partial charge in [-0.2, -0.15) is 0 Å². The molecular weight excluding hydrogens is 234 g/mol. The highest BCUT2D eigenvalue weighted by Crippen LogP contribution is 2.17. The van der Waals surface area contributed by atoms with Gasteiger partial charge in [-0.05, 0) is 30.7 Å². The number of aryl methyl sites for hydroxylation is 1. The van der Waals surface area contributed by atoms with Gasteiger partial charge in [0.05, 0.1) is 0 Å². The standard InChI is InChI=1S/C12H17N3O3/c1-8-7-9(16)3-4-10(8)12(17)15(2)6-5-11(13)14-18/h3-4,7,16,18H,5-6H2,1-2H3,(H2,13,14). The largest absolute Gasteiger partial charge is 0.508 e. The van der Waals surface area contributed by atoms with Gasteiger partial charge in [-0.3, -0.25) is 4.79 Å². The quantitative estimate of drug-likeness (QED) is 0.320. The summed E-state index contributed by atoms with van der Waals surface area (Å²) in [6.45, 7) is 2.11. The van der Waals surface area contributed by atoms with Gasteiger partial charge in [0, 0.05) is 25.6 Å². The summed E-state index contributed by atoms with van der Waals surface area (Å²) in [4.78, 5) is 13.6. The first-order chi connectivity index (χ1) is 8.45. The molecule has 0 spiro atoms. The molecule has 1 aromatic carbocycles. The molecule has 0 aliphatic rings. The van der Waals surface area contributed by atoms with Gasteiger partial charge in [-0.1, -0.05) is 5.16 Å². The van der Waals surface area contributed by atoms with Gasteiger partial charge in [0.25, 0.3) is 5.91 Å². The Kier molecular flexibility index (Phi) is 4.53. The van der Waals surface area contributed by atoms with Crippen molar-refractivity contribution in [1.29, 1.82) is 0 Å². The van der Waals surface area contributed by atoms with E-state index in [4.69, 9.17) is 10.9 Å². The number of phenols is 1. The number of hydrogen-bond acceptors (Lipinski definition) is 4. The number of nitrogens with two attached hydrogens (primary N) is 1. The molecule has 0 radical (unpaired) electrons. The summed E-state index contributed by atoms with van der Waals surface area (Å²) in [5.74, 6) is 0.0404. The Balaban J connectivity index is 2.74. The van der Waals surface area contributed by atoms with E-state index < -0.39 is 0 Å². The Bertz CT molecular complexity index is 472. The van der Waals surface area contributed by atoms with E-state index in [1.54, 1.807) is 20.0 Å². The highest BCUT2D eigenvalue weighted by Gasteiger charge is 2.14. The number of carbonyl (C=O) groups excluding carboxylic acids is 1. The molecule has 98 valence electrons. The summed E-state index contributed by atoms with van der Waals surface area (Å²) >= 11 is 0. The highest BCUT2D eigenvalue weighted by molar-refractivity contribution is 5.95. The Hall–Kier alpha value is -2.24.